The number of nitrogens with zero attached hydrogens (tertiary/aromatic N) is 7. The Labute approximate surface area is 182 Å². The maximum absolute atomic E-state index is 13.2. The number of pyridine rings is 1. The zero-order chi connectivity index (χ0) is 21.8. The normalized spacial score (nSPS) is 10.9. The van der Waals surface area contributed by atoms with Crippen LogP contribution in [0.3, 0.4) is 0 Å². The molecule has 0 radical (unpaired) electrons. The molecule has 0 saturated heterocycles. The summed E-state index contributed by atoms with van der Waals surface area (Å²) >= 11 is 6.15. The van der Waals surface area contributed by atoms with Gasteiger partial charge in [-0.1, -0.05) is 11.6 Å². The molecule has 31 heavy (non-hydrogen) atoms. The van der Waals surface area contributed by atoms with Crippen LogP contribution in [0.5, 0.6) is 0 Å². The third-order valence-corrected chi connectivity index (χ3v) is 4.96. The van der Waals surface area contributed by atoms with Crippen LogP contribution in [0.15, 0.2) is 61.2 Å². The molecular formula is C21H19ClFN7O. The number of rotatable bonds is 7. The molecule has 10 heteroatoms. The van der Waals surface area contributed by atoms with Crippen LogP contribution >= 0.6 is 11.6 Å². The maximum atomic E-state index is 13.2. The SMILES string of the molecule is CCN(CCn1ccc(-c2ccc(F)cn2)n1)C(=O)c1cc(Cl)ccc1-n1nccn1. The minimum atomic E-state index is -0.397. The van der Waals surface area contributed by atoms with E-state index >= 15 is 0 Å². The molecule has 0 bridgehead atoms. The van der Waals surface area contributed by atoms with Gasteiger partial charge < -0.3 is 4.90 Å². The number of hydrogen-bond donors (Lipinski definition) is 0. The minimum Gasteiger partial charge on any atom is -0.337 e. The molecule has 3 heterocycles. The number of carbonyl (C=O) groups is 1. The van der Waals surface area contributed by atoms with Crippen LogP contribution in [0, 0.1) is 5.82 Å². The van der Waals surface area contributed by atoms with Crippen molar-refractivity contribution in [2.24, 2.45) is 0 Å². The zero-order valence-electron chi connectivity index (χ0n) is 16.7. The lowest BCUT2D eigenvalue weighted by atomic mass is 10.1. The van der Waals surface area contributed by atoms with Gasteiger partial charge in [0.05, 0.1) is 42.1 Å². The van der Waals surface area contributed by atoms with Crippen LogP contribution in [0.4, 0.5) is 4.39 Å². The van der Waals surface area contributed by atoms with E-state index in [1.807, 2.05) is 6.92 Å². The molecule has 0 aliphatic carbocycles. The van der Waals surface area contributed by atoms with Crippen molar-refractivity contribution in [2.45, 2.75) is 13.5 Å². The van der Waals surface area contributed by atoms with E-state index in [1.165, 1.54) is 10.9 Å². The van der Waals surface area contributed by atoms with E-state index in [0.717, 1.165) is 6.20 Å². The fourth-order valence-corrected chi connectivity index (χ4v) is 3.31. The first-order chi connectivity index (χ1) is 15.0. The highest BCUT2D eigenvalue weighted by Crippen LogP contribution is 2.21. The molecule has 1 amide bonds. The van der Waals surface area contributed by atoms with Gasteiger partial charge in [0.25, 0.3) is 5.91 Å². The first-order valence-electron chi connectivity index (χ1n) is 9.66. The van der Waals surface area contributed by atoms with Gasteiger partial charge in [0, 0.05) is 24.3 Å². The van der Waals surface area contributed by atoms with Crippen molar-refractivity contribution in [3.63, 3.8) is 0 Å². The number of halogens is 2. The predicted octanol–water partition coefficient (Wildman–Crippen LogP) is 3.48. The molecule has 0 unspecified atom stereocenters. The van der Waals surface area contributed by atoms with Crippen molar-refractivity contribution in [1.82, 2.24) is 34.7 Å². The topological polar surface area (TPSA) is 81.7 Å². The molecular weight excluding hydrogens is 421 g/mol. The van der Waals surface area contributed by atoms with Crippen molar-refractivity contribution >= 4 is 17.5 Å². The summed E-state index contributed by atoms with van der Waals surface area (Å²) in [5.74, 6) is -0.573. The Balaban J connectivity index is 1.50. The molecule has 0 fully saturated rings. The average Bonchev–Trinajstić information content (AvgIpc) is 3.47. The average molecular weight is 440 g/mol. The molecule has 4 rings (SSSR count). The quantitative estimate of drug-likeness (QED) is 0.440. The molecule has 8 nitrogen and oxygen atoms in total. The smallest absolute Gasteiger partial charge is 0.256 e. The maximum Gasteiger partial charge on any atom is 0.256 e. The van der Waals surface area contributed by atoms with Crippen LogP contribution < -0.4 is 0 Å². The summed E-state index contributed by atoms with van der Waals surface area (Å²) in [6.07, 6.45) is 6.05. The predicted molar refractivity (Wildman–Crippen MR) is 113 cm³/mol. The van der Waals surface area contributed by atoms with E-state index in [9.17, 15) is 9.18 Å². The summed E-state index contributed by atoms with van der Waals surface area (Å²) in [4.78, 5) is 20.4. The Morgan fingerprint density at radius 2 is 1.94 bits per heavy atom. The Kier molecular flexibility index (Phi) is 6.03. The second kappa shape index (κ2) is 9.05. The first-order valence-corrected chi connectivity index (χ1v) is 10.0. The van der Waals surface area contributed by atoms with Gasteiger partial charge in [0.15, 0.2) is 0 Å². The monoisotopic (exact) mass is 439 g/mol. The number of aromatic nitrogens is 6. The van der Waals surface area contributed by atoms with Gasteiger partial charge >= 0.3 is 0 Å². The molecule has 1 aromatic carbocycles. The fourth-order valence-electron chi connectivity index (χ4n) is 3.14. The van der Waals surface area contributed by atoms with Gasteiger partial charge in [0.2, 0.25) is 0 Å². The molecule has 0 aliphatic heterocycles. The summed E-state index contributed by atoms with van der Waals surface area (Å²) < 4.78 is 14.8. The summed E-state index contributed by atoms with van der Waals surface area (Å²) in [5, 5.41) is 13.2. The van der Waals surface area contributed by atoms with Crippen LogP contribution in [0.25, 0.3) is 17.1 Å². The number of benzene rings is 1. The van der Waals surface area contributed by atoms with Crippen LogP contribution in [0.2, 0.25) is 5.02 Å². The Bertz CT molecular complexity index is 1170. The molecule has 4 aromatic rings. The lowest BCUT2D eigenvalue weighted by Crippen LogP contribution is -2.34. The third-order valence-electron chi connectivity index (χ3n) is 4.72. The highest BCUT2D eigenvalue weighted by Gasteiger charge is 2.20. The van der Waals surface area contributed by atoms with E-state index in [4.69, 9.17) is 11.6 Å². The number of carbonyl (C=O) groups excluding carboxylic acids is 1. The van der Waals surface area contributed by atoms with Crippen LogP contribution in [-0.2, 0) is 6.54 Å². The molecule has 158 valence electrons. The molecule has 3 aromatic heterocycles. The largest absolute Gasteiger partial charge is 0.337 e. The van der Waals surface area contributed by atoms with Gasteiger partial charge in [-0.15, -0.1) is 0 Å². The van der Waals surface area contributed by atoms with Crippen molar-refractivity contribution < 1.29 is 9.18 Å². The highest BCUT2D eigenvalue weighted by molar-refractivity contribution is 6.31. The third kappa shape index (κ3) is 4.61. The summed E-state index contributed by atoms with van der Waals surface area (Å²) in [7, 11) is 0. The second-order valence-electron chi connectivity index (χ2n) is 6.69. The number of amides is 1. The Morgan fingerprint density at radius 1 is 1.13 bits per heavy atom. The second-order valence-corrected chi connectivity index (χ2v) is 7.13. The van der Waals surface area contributed by atoms with E-state index in [1.54, 1.807) is 58.5 Å². The minimum absolute atomic E-state index is 0.176. The van der Waals surface area contributed by atoms with Crippen molar-refractivity contribution in [3.8, 4) is 17.1 Å². The first kappa shape index (κ1) is 20.7. The van der Waals surface area contributed by atoms with Crippen LogP contribution in [-0.4, -0.2) is 53.7 Å². The van der Waals surface area contributed by atoms with Crippen molar-refractivity contribution in [3.05, 3.63) is 77.6 Å². The molecule has 0 saturated carbocycles. The lowest BCUT2D eigenvalue weighted by Gasteiger charge is -2.22. The fraction of sp³-hybridized carbons (Fsp3) is 0.190. The zero-order valence-corrected chi connectivity index (χ0v) is 17.4. The lowest BCUT2D eigenvalue weighted by molar-refractivity contribution is 0.0757. The van der Waals surface area contributed by atoms with E-state index in [0.29, 0.717) is 47.3 Å². The van der Waals surface area contributed by atoms with Gasteiger partial charge in [-0.25, -0.2) is 4.39 Å². The molecule has 0 atom stereocenters. The molecule has 0 spiro atoms. The Morgan fingerprint density at radius 3 is 2.65 bits per heavy atom. The molecule has 0 N–H and O–H groups in total. The summed E-state index contributed by atoms with van der Waals surface area (Å²) in [6.45, 7) is 3.33. The van der Waals surface area contributed by atoms with Gasteiger partial charge in [0.1, 0.15) is 11.5 Å². The van der Waals surface area contributed by atoms with Gasteiger partial charge in [-0.2, -0.15) is 20.1 Å². The standard InChI is InChI=1S/C21H19ClFN7O/c1-2-28(11-12-29-10-7-19(27-29)18-5-4-16(23)14-24-18)21(31)17-13-15(22)3-6-20(17)30-25-8-9-26-30/h3-10,13-14H,2,11-12H2,1H3. The number of hydrogen-bond acceptors (Lipinski definition) is 5. The number of likely N-dealkylation sites (N-methyl/N-ethyl adjacent to an activating group) is 1. The molecule has 0 aliphatic rings. The van der Waals surface area contributed by atoms with Crippen LogP contribution in [0.1, 0.15) is 17.3 Å². The van der Waals surface area contributed by atoms with Crippen molar-refractivity contribution in [2.75, 3.05) is 13.1 Å². The summed E-state index contributed by atoms with van der Waals surface area (Å²) in [6, 6.07) is 9.76. The van der Waals surface area contributed by atoms with E-state index in [-0.39, 0.29) is 5.91 Å². The van der Waals surface area contributed by atoms with Gasteiger partial charge in [-0.3, -0.25) is 14.5 Å². The Hall–Kier alpha value is -3.59. The van der Waals surface area contributed by atoms with E-state index < -0.39 is 5.82 Å². The van der Waals surface area contributed by atoms with Gasteiger partial charge in [-0.05, 0) is 43.3 Å². The van der Waals surface area contributed by atoms with Crippen molar-refractivity contribution in [1.29, 1.82) is 0 Å². The van der Waals surface area contributed by atoms with E-state index in [2.05, 4.69) is 20.3 Å². The summed E-state index contributed by atoms with van der Waals surface area (Å²) in [5.41, 5.74) is 2.19. The highest BCUT2D eigenvalue weighted by atomic mass is 35.5.